The van der Waals surface area contributed by atoms with Gasteiger partial charge in [0.2, 0.25) is 0 Å². The first kappa shape index (κ1) is 11.7. The fourth-order valence-electron chi connectivity index (χ4n) is 2.03. The molecular formula is C10H18N4OS. The molecule has 1 saturated carbocycles. The Hall–Kier alpha value is -0.750. The van der Waals surface area contributed by atoms with Gasteiger partial charge in [-0.15, -0.1) is 5.10 Å². The minimum Gasteiger partial charge on any atom is -0.328 e. The van der Waals surface area contributed by atoms with E-state index in [-0.39, 0.29) is 5.69 Å². The van der Waals surface area contributed by atoms with Crippen molar-refractivity contribution in [3.63, 3.8) is 0 Å². The first-order valence-electron chi connectivity index (χ1n) is 5.78. The lowest BCUT2D eigenvalue weighted by atomic mass is 9.96. The maximum absolute atomic E-state index is 11.4. The number of thioether (sulfide) groups is 1. The van der Waals surface area contributed by atoms with Gasteiger partial charge in [-0.3, -0.25) is 4.57 Å². The van der Waals surface area contributed by atoms with Gasteiger partial charge >= 0.3 is 5.69 Å². The molecular weight excluding hydrogens is 224 g/mol. The number of hydrogen-bond acceptors (Lipinski definition) is 4. The fourth-order valence-corrected chi connectivity index (χ4v) is 3.27. The van der Waals surface area contributed by atoms with E-state index in [4.69, 9.17) is 5.73 Å². The van der Waals surface area contributed by atoms with Crippen LogP contribution in [-0.2, 0) is 6.54 Å². The van der Waals surface area contributed by atoms with Crippen LogP contribution in [0.5, 0.6) is 0 Å². The summed E-state index contributed by atoms with van der Waals surface area (Å²) in [5.74, 6) is 0. The van der Waals surface area contributed by atoms with E-state index in [1.54, 1.807) is 16.3 Å². The van der Waals surface area contributed by atoms with Gasteiger partial charge in [0.25, 0.3) is 0 Å². The van der Waals surface area contributed by atoms with E-state index in [9.17, 15) is 4.79 Å². The Morgan fingerprint density at radius 2 is 2.19 bits per heavy atom. The molecule has 2 rings (SSSR count). The lowest BCUT2D eigenvalue weighted by Crippen LogP contribution is -2.27. The third-order valence-electron chi connectivity index (χ3n) is 3.03. The monoisotopic (exact) mass is 242 g/mol. The second-order valence-electron chi connectivity index (χ2n) is 4.21. The van der Waals surface area contributed by atoms with Crippen molar-refractivity contribution in [2.24, 2.45) is 5.73 Å². The van der Waals surface area contributed by atoms with Gasteiger partial charge in [0.05, 0.1) is 0 Å². The number of aromatic nitrogens is 3. The summed E-state index contributed by atoms with van der Waals surface area (Å²) in [4.78, 5) is 11.4. The summed E-state index contributed by atoms with van der Waals surface area (Å²) in [6, 6.07) is 0.365. The summed E-state index contributed by atoms with van der Waals surface area (Å²) in [5, 5.41) is 7.92. The average molecular weight is 242 g/mol. The minimum atomic E-state index is -0.113. The van der Waals surface area contributed by atoms with Gasteiger partial charge in [-0.1, -0.05) is 11.8 Å². The topological polar surface area (TPSA) is 76.7 Å². The number of hydrogen-bond donors (Lipinski definition) is 2. The molecule has 16 heavy (non-hydrogen) atoms. The molecule has 0 saturated heterocycles. The number of nitrogens with two attached hydrogens (primary N) is 1. The first-order valence-corrected chi connectivity index (χ1v) is 6.66. The third kappa shape index (κ3) is 2.49. The number of aromatic amines is 1. The van der Waals surface area contributed by atoms with Crippen molar-refractivity contribution in [3.8, 4) is 0 Å². The molecule has 0 atom stereocenters. The second kappa shape index (κ2) is 5.05. The second-order valence-corrected chi connectivity index (χ2v) is 5.48. The van der Waals surface area contributed by atoms with Crippen LogP contribution in [0.15, 0.2) is 9.95 Å². The van der Waals surface area contributed by atoms with Crippen LogP contribution < -0.4 is 11.4 Å². The summed E-state index contributed by atoms with van der Waals surface area (Å²) in [7, 11) is 0. The maximum Gasteiger partial charge on any atom is 0.343 e. The Kier molecular flexibility index (Phi) is 3.70. The summed E-state index contributed by atoms with van der Waals surface area (Å²) in [5.41, 5.74) is 5.75. The molecule has 0 amide bonds. The predicted molar refractivity (Wildman–Crippen MR) is 64.6 cm³/mol. The molecule has 6 heteroatoms. The lowest BCUT2D eigenvalue weighted by Gasteiger charge is -2.24. The first-order chi connectivity index (χ1) is 7.70. The van der Waals surface area contributed by atoms with Crippen LogP contribution in [-0.4, -0.2) is 26.1 Å². The zero-order chi connectivity index (χ0) is 11.5. The van der Waals surface area contributed by atoms with Crippen molar-refractivity contribution in [1.82, 2.24) is 14.8 Å². The van der Waals surface area contributed by atoms with Crippen LogP contribution in [0.25, 0.3) is 0 Å². The SMILES string of the molecule is CCn1c(SC2CCC(N)CC2)n[nH]c1=O. The summed E-state index contributed by atoms with van der Waals surface area (Å²) < 4.78 is 1.68. The zero-order valence-corrected chi connectivity index (χ0v) is 10.3. The molecule has 0 aromatic carbocycles. The predicted octanol–water partition coefficient (Wildman–Crippen LogP) is 0.953. The molecule has 0 radical (unpaired) electrons. The molecule has 5 nitrogen and oxygen atoms in total. The van der Waals surface area contributed by atoms with E-state index >= 15 is 0 Å². The van der Waals surface area contributed by atoms with E-state index in [2.05, 4.69) is 10.2 Å². The molecule has 0 spiro atoms. The van der Waals surface area contributed by atoms with E-state index in [1.807, 2.05) is 6.92 Å². The fraction of sp³-hybridized carbons (Fsp3) is 0.800. The molecule has 1 aromatic heterocycles. The summed E-state index contributed by atoms with van der Waals surface area (Å²) >= 11 is 1.70. The smallest absolute Gasteiger partial charge is 0.328 e. The Bertz CT molecular complexity index is 392. The molecule has 1 heterocycles. The molecule has 0 aliphatic heterocycles. The van der Waals surface area contributed by atoms with Gasteiger partial charge < -0.3 is 5.73 Å². The van der Waals surface area contributed by atoms with Gasteiger partial charge in [-0.2, -0.15) is 0 Å². The van der Waals surface area contributed by atoms with Gasteiger partial charge in [-0.05, 0) is 32.6 Å². The van der Waals surface area contributed by atoms with Crippen LogP contribution in [0.3, 0.4) is 0 Å². The molecule has 1 aliphatic carbocycles. The van der Waals surface area contributed by atoms with Crippen LogP contribution in [0, 0.1) is 0 Å². The van der Waals surface area contributed by atoms with Gasteiger partial charge in [0, 0.05) is 17.8 Å². The third-order valence-corrected chi connectivity index (χ3v) is 4.36. The molecule has 0 unspecified atom stereocenters. The van der Waals surface area contributed by atoms with Crippen LogP contribution >= 0.6 is 11.8 Å². The van der Waals surface area contributed by atoms with Gasteiger partial charge in [0.15, 0.2) is 5.16 Å². The van der Waals surface area contributed by atoms with Crippen LogP contribution in [0.1, 0.15) is 32.6 Å². The number of nitrogens with one attached hydrogen (secondary N) is 1. The highest BCUT2D eigenvalue weighted by molar-refractivity contribution is 7.99. The number of H-pyrrole nitrogens is 1. The highest BCUT2D eigenvalue weighted by Crippen LogP contribution is 2.31. The minimum absolute atomic E-state index is 0.113. The van der Waals surface area contributed by atoms with E-state index in [1.165, 1.54) is 0 Å². The quantitative estimate of drug-likeness (QED) is 0.827. The largest absolute Gasteiger partial charge is 0.343 e. The Labute approximate surface area is 98.8 Å². The average Bonchev–Trinajstić information content (AvgIpc) is 2.63. The molecule has 1 fully saturated rings. The van der Waals surface area contributed by atoms with E-state index in [0.29, 0.717) is 17.8 Å². The Balaban J connectivity index is 2.01. The van der Waals surface area contributed by atoms with Crippen molar-refractivity contribution in [3.05, 3.63) is 10.5 Å². The van der Waals surface area contributed by atoms with E-state index in [0.717, 1.165) is 30.8 Å². The summed E-state index contributed by atoms with van der Waals surface area (Å²) in [6.45, 7) is 2.63. The highest BCUT2D eigenvalue weighted by atomic mass is 32.2. The Morgan fingerprint density at radius 1 is 1.50 bits per heavy atom. The normalized spacial score (nSPS) is 25.9. The van der Waals surface area contributed by atoms with Gasteiger partial charge in [-0.25, -0.2) is 9.89 Å². The van der Waals surface area contributed by atoms with Crippen molar-refractivity contribution in [1.29, 1.82) is 0 Å². The van der Waals surface area contributed by atoms with Crippen molar-refractivity contribution < 1.29 is 0 Å². The highest BCUT2D eigenvalue weighted by Gasteiger charge is 2.21. The lowest BCUT2D eigenvalue weighted by molar-refractivity contribution is 0.449. The standard InChI is InChI=1S/C10H18N4OS/c1-2-14-9(15)12-13-10(14)16-8-5-3-7(11)4-6-8/h7-8H,2-6,11H2,1H3,(H,12,15). The van der Waals surface area contributed by atoms with Gasteiger partial charge in [0.1, 0.15) is 0 Å². The molecule has 1 aliphatic rings. The molecule has 1 aromatic rings. The number of nitrogens with zero attached hydrogens (tertiary/aromatic N) is 2. The van der Waals surface area contributed by atoms with Crippen molar-refractivity contribution >= 4 is 11.8 Å². The molecule has 3 N–H and O–H groups in total. The van der Waals surface area contributed by atoms with Crippen molar-refractivity contribution in [2.45, 2.75) is 55.6 Å². The van der Waals surface area contributed by atoms with Crippen LogP contribution in [0.4, 0.5) is 0 Å². The van der Waals surface area contributed by atoms with Crippen LogP contribution in [0.2, 0.25) is 0 Å². The molecule has 0 bridgehead atoms. The molecule has 90 valence electrons. The number of rotatable bonds is 3. The maximum atomic E-state index is 11.4. The van der Waals surface area contributed by atoms with E-state index < -0.39 is 0 Å². The van der Waals surface area contributed by atoms with Crippen molar-refractivity contribution in [2.75, 3.05) is 0 Å². The Morgan fingerprint density at radius 3 is 2.81 bits per heavy atom. The summed E-state index contributed by atoms with van der Waals surface area (Å²) in [6.07, 6.45) is 4.41. The zero-order valence-electron chi connectivity index (χ0n) is 9.48.